The summed E-state index contributed by atoms with van der Waals surface area (Å²) in [6.45, 7) is 22.3. The lowest BCUT2D eigenvalue weighted by Crippen LogP contribution is -2.43. The van der Waals surface area contributed by atoms with Crippen molar-refractivity contribution >= 4 is 22.6 Å². The monoisotopic (exact) mass is 470 g/mol. The molecule has 3 atom stereocenters. The van der Waals surface area contributed by atoms with Crippen molar-refractivity contribution in [2.24, 2.45) is 0 Å². The summed E-state index contributed by atoms with van der Waals surface area (Å²) in [4.78, 5) is 12.6. The van der Waals surface area contributed by atoms with Gasteiger partial charge in [-0.05, 0) is 56.7 Å². The lowest BCUT2D eigenvalue weighted by Gasteiger charge is -2.39. The van der Waals surface area contributed by atoms with Gasteiger partial charge in [-0.25, -0.2) is 4.79 Å². The van der Waals surface area contributed by atoms with Crippen LogP contribution < -0.4 is 0 Å². The van der Waals surface area contributed by atoms with E-state index in [2.05, 4.69) is 73.0 Å². The first-order valence-electron chi connectivity index (χ1n) is 12.4. The third-order valence-corrected chi connectivity index (χ3v) is 13.8. The molecule has 31 heavy (non-hydrogen) atoms. The maximum Gasteiger partial charge on any atom is 0.335 e. The molecule has 1 heterocycles. The Morgan fingerprint density at radius 3 is 2.29 bits per heavy atom. The molecule has 0 bridgehead atoms. The van der Waals surface area contributed by atoms with Crippen LogP contribution in [0, 0.1) is 0 Å². The van der Waals surface area contributed by atoms with Gasteiger partial charge < -0.3 is 13.6 Å². The van der Waals surface area contributed by atoms with Crippen molar-refractivity contribution in [3.05, 3.63) is 12.2 Å². The molecule has 1 fully saturated rings. The van der Waals surface area contributed by atoms with Gasteiger partial charge in [0, 0.05) is 6.42 Å². The van der Waals surface area contributed by atoms with Crippen molar-refractivity contribution in [2.75, 3.05) is 0 Å². The summed E-state index contributed by atoms with van der Waals surface area (Å²) >= 11 is 0. The van der Waals surface area contributed by atoms with Crippen LogP contribution in [0.5, 0.6) is 0 Å². The summed E-state index contributed by atoms with van der Waals surface area (Å²) < 4.78 is 18.9. The maximum absolute atomic E-state index is 12.6. The number of carbonyl (C=O) groups is 1. The molecule has 0 aromatic heterocycles. The largest absolute Gasteiger partial charge is 0.453 e. The van der Waals surface area contributed by atoms with Gasteiger partial charge in [0.15, 0.2) is 16.6 Å². The van der Waals surface area contributed by atoms with E-state index in [1.807, 2.05) is 6.92 Å². The zero-order valence-corrected chi connectivity index (χ0v) is 24.1. The van der Waals surface area contributed by atoms with Crippen molar-refractivity contribution in [3.8, 4) is 0 Å². The third kappa shape index (κ3) is 9.52. The Bertz CT molecular complexity index is 595. The Balaban J connectivity index is 2.88. The summed E-state index contributed by atoms with van der Waals surface area (Å²) in [5, 5.41) is 0.168. The van der Waals surface area contributed by atoms with Crippen LogP contribution in [0.1, 0.15) is 86.5 Å². The fourth-order valence-electron chi connectivity index (χ4n) is 3.68. The first-order chi connectivity index (χ1) is 14.1. The molecular formula is C25H50O4Si2. The van der Waals surface area contributed by atoms with Crippen LogP contribution in [0.15, 0.2) is 12.2 Å². The summed E-state index contributed by atoms with van der Waals surface area (Å²) in [6.07, 6.45) is 11.3. The molecule has 0 aromatic carbocycles. The molecule has 0 N–H and O–H groups in total. The highest BCUT2D eigenvalue weighted by Crippen LogP contribution is 2.38. The molecule has 0 spiro atoms. The van der Waals surface area contributed by atoms with Gasteiger partial charge in [0.05, 0.1) is 6.10 Å². The Morgan fingerprint density at radius 1 is 1.13 bits per heavy atom. The van der Waals surface area contributed by atoms with Crippen LogP contribution in [-0.4, -0.2) is 40.4 Å². The van der Waals surface area contributed by atoms with Crippen LogP contribution >= 0.6 is 0 Å². The molecular weight excluding hydrogens is 420 g/mol. The highest BCUT2D eigenvalue weighted by molar-refractivity contribution is 6.74. The maximum atomic E-state index is 12.6. The minimum atomic E-state index is -1.88. The zero-order valence-electron chi connectivity index (χ0n) is 22.1. The molecule has 1 saturated heterocycles. The minimum Gasteiger partial charge on any atom is -0.453 e. The Morgan fingerprint density at radius 2 is 1.74 bits per heavy atom. The number of carbonyl (C=O) groups excluding carboxylic acids is 1. The summed E-state index contributed by atoms with van der Waals surface area (Å²) in [7, 11) is -3.74. The normalized spacial score (nSPS) is 24.1. The molecule has 0 radical (unpaired) electrons. The topological polar surface area (TPSA) is 44.8 Å². The fourth-order valence-corrected chi connectivity index (χ4v) is 7.26. The van der Waals surface area contributed by atoms with Gasteiger partial charge >= 0.3 is 5.97 Å². The second-order valence-corrected chi connectivity index (χ2v) is 20.7. The standard InChI is InChI=1S/C25H50O4Si2/c1-11-13-15-16-21(28-31(9,10)24(3,4)5)17-18-25(6)20-22(23(26)27-25)29-30(7,8)19-14-12-2/h17-18,21-22H,11-16,19-20H2,1-10H3. The predicted molar refractivity (Wildman–Crippen MR) is 137 cm³/mol. The van der Waals surface area contributed by atoms with E-state index in [1.54, 1.807) is 0 Å². The molecule has 182 valence electrons. The van der Waals surface area contributed by atoms with Gasteiger partial charge in [0.25, 0.3) is 0 Å². The van der Waals surface area contributed by atoms with Gasteiger partial charge in [-0.2, -0.15) is 0 Å². The summed E-state index contributed by atoms with van der Waals surface area (Å²) in [6, 6.07) is 1.08. The molecule has 3 unspecified atom stereocenters. The lowest BCUT2D eigenvalue weighted by molar-refractivity contribution is -0.149. The van der Waals surface area contributed by atoms with Crippen molar-refractivity contribution in [1.29, 1.82) is 0 Å². The molecule has 0 saturated carbocycles. The van der Waals surface area contributed by atoms with Crippen LogP contribution in [0.25, 0.3) is 0 Å². The van der Waals surface area contributed by atoms with E-state index in [1.165, 1.54) is 12.8 Å². The summed E-state index contributed by atoms with van der Waals surface area (Å²) in [5.74, 6) is -0.211. The number of hydrogen-bond donors (Lipinski definition) is 0. The molecule has 4 nitrogen and oxygen atoms in total. The molecule has 0 aromatic rings. The van der Waals surface area contributed by atoms with E-state index in [9.17, 15) is 4.79 Å². The number of unbranched alkanes of at least 4 members (excludes halogenated alkanes) is 3. The molecule has 1 aliphatic rings. The molecule has 1 rings (SSSR count). The lowest BCUT2D eigenvalue weighted by atomic mass is 9.99. The van der Waals surface area contributed by atoms with Crippen molar-refractivity contribution < 1.29 is 18.4 Å². The second-order valence-electron chi connectivity index (χ2n) is 11.7. The van der Waals surface area contributed by atoms with Crippen molar-refractivity contribution in [3.63, 3.8) is 0 Å². The van der Waals surface area contributed by atoms with E-state index in [0.717, 1.165) is 31.7 Å². The van der Waals surface area contributed by atoms with Crippen LogP contribution in [0.3, 0.4) is 0 Å². The number of esters is 1. The smallest absolute Gasteiger partial charge is 0.335 e. The number of cyclic esters (lactones) is 1. The second kappa shape index (κ2) is 11.6. The van der Waals surface area contributed by atoms with E-state index < -0.39 is 28.3 Å². The van der Waals surface area contributed by atoms with Gasteiger partial charge in [-0.15, -0.1) is 0 Å². The van der Waals surface area contributed by atoms with E-state index in [4.69, 9.17) is 13.6 Å². The van der Waals surface area contributed by atoms with Crippen LogP contribution in [0.2, 0.25) is 37.3 Å². The average Bonchev–Trinajstić information content (AvgIpc) is 2.90. The molecule has 1 aliphatic heterocycles. The van der Waals surface area contributed by atoms with E-state index in [0.29, 0.717) is 6.42 Å². The highest BCUT2D eigenvalue weighted by atomic mass is 28.4. The van der Waals surface area contributed by atoms with Crippen molar-refractivity contribution in [2.45, 2.75) is 142 Å². The summed E-state index contributed by atoms with van der Waals surface area (Å²) in [5.41, 5.74) is -0.614. The van der Waals surface area contributed by atoms with E-state index >= 15 is 0 Å². The molecule has 0 amide bonds. The van der Waals surface area contributed by atoms with Gasteiger partial charge in [0.1, 0.15) is 11.7 Å². The average molecular weight is 471 g/mol. The van der Waals surface area contributed by atoms with Gasteiger partial charge in [-0.1, -0.05) is 72.8 Å². The Labute approximate surface area is 194 Å². The number of ether oxygens (including phenoxy) is 1. The van der Waals surface area contributed by atoms with Gasteiger partial charge in [-0.3, -0.25) is 0 Å². The number of rotatable bonds is 13. The van der Waals surface area contributed by atoms with Crippen LogP contribution in [-0.2, 0) is 18.4 Å². The predicted octanol–water partition coefficient (Wildman–Crippen LogP) is 7.61. The first-order valence-corrected chi connectivity index (χ1v) is 18.4. The number of hydrogen-bond acceptors (Lipinski definition) is 4. The van der Waals surface area contributed by atoms with Crippen molar-refractivity contribution in [1.82, 2.24) is 0 Å². The SMILES string of the molecule is CCCCCC(C=CC1(C)CC(O[Si](C)(C)CCCC)C(=O)O1)O[Si](C)(C)C(C)(C)C. The Hall–Kier alpha value is -0.436. The minimum absolute atomic E-state index is 0.0679. The third-order valence-electron chi connectivity index (χ3n) is 6.79. The molecule has 6 heteroatoms. The highest BCUT2D eigenvalue weighted by Gasteiger charge is 2.45. The van der Waals surface area contributed by atoms with Gasteiger partial charge in [0.2, 0.25) is 0 Å². The quantitative estimate of drug-likeness (QED) is 0.120. The van der Waals surface area contributed by atoms with Crippen LogP contribution in [0.4, 0.5) is 0 Å². The fraction of sp³-hybridized carbons (Fsp3) is 0.880. The van der Waals surface area contributed by atoms with E-state index in [-0.39, 0.29) is 17.1 Å². The molecule has 0 aliphatic carbocycles. The zero-order chi connectivity index (χ0) is 23.9. The Kier molecular flexibility index (Phi) is 10.7. The first kappa shape index (κ1) is 28.6.